The number of carbonyl (C=O) groups is 2. The summed E-state index contributed by atoms with van der Waals surface area (Å²) in [6, 6.07) is 12.8. The molecular formula is C24H30N2O4. The highest BCUT2D eigenvalue weighted by Crippen LogP contribution is 2.17. The van der Waals surface area contributed by atoms with E-state index in [1.165, 1.54) is 0 Å². The molecule has 2 aromatic rings. The first-order valence-corrected chi connectivity index (χ1v) is 10.4. The second-order valence-electron chi connectivity index (χ2n) is 8.23. The highest BCUT2D eigenvalue weighted by Gasteiger charge is 2.25. The van der Waals surface area contributed by atoms with E-state index in [1.54, 1.807) is 48.5 Å². The zero-order chi connectivity index (χ0) is 21.7. The minimum Gasteiger partial charge on any atom is -0.508 e. The number of rotatable bonds is 8. The van der Waals surface area contributed by atoms with Gasteiger partial charge in [-0.2, -0.15) is 0 Å². The minimum absolute atomic E-state index is 0.0885. The second kappa shape index (κ2) is 9.87. The van der Waals surface area contributed by atoms with E-state index in [0.29, 0.717) is 24.2 Å². The van der Waals surface area contributed by atoms with Crippen molar-refractivity contribution in [1.29, 1.82) is 0 Å². The molecule has 2 N–H and O–H groups in total. The Bertz CT molecular complexity index is 782. The maximum atomic E-state index is 12.6. The Kier molecular flexibility index (Phi) is 7.24. The first kappa shape index (κ1) is 22.0. The Morgan fingerprint density at radius 1 is 0.700 bits per heavy atom. The number of aromatic hydroxyl groups is 2. The lowest BCUT2D eigenvalue weighted by Gasteiger charge is -2.36. The first-order valence-electron chi connectivity index (χ1n) is 10.4. The monoisotopic (exact) mass is 410 g/mol. The van der Waals surface area contributed by atoms with Gasteiger partial charge in [0, 0.05) is 62.2 Å². The van der Waals surface area contributed by atoms with Crippen LogP contribution in [0.4, 0.5) is 0 Å². The van der Waals surface area contributed by atoms with Crippen LogP contribution in [0.3, 0.4) is 0 Å². The van der Waals surface area contributed by atoms with E-state index in [-0.39, 0.29) is 34.9 Å². The third-order valence-electron chi connectivity index (χ3n) is 5.73. The molecule has 0 radical (unpaired) electrons. The van der Waals surface area contributed by atoms with Crippen molar-refractivity contribution in [3.8, 4) is 11.5 Å². The number of piperazine rings is 1. The number of phenolic OH excluding ortho intramolecular Hbond substituents is 2. The van der Waals surface area contributed by atoms with Gasteiger partial charge in [-0.1, -0.05) is 13.8 Å². The highest BCUT2D eigenvalue weighted by atomic mass is 16.3. The zero-order valence-corrected chi connectivity index (χ0v) is 17.6. The molecule has 160 valence electrons. The lowest BCUT2D eigenvalue weighted by molar-refractivity contribution is 0.0761. The lowest BCUT2D eigenvalue weighted by Crippen LogP contribution is -2.49. The maximum Gasteiger partial charge on any atom is 0.166 e. The van der Waals surface area contributed by atoms with E-state index >= 15 is 0 Å². The van der Waals surface area contributed by atoms with Gasteiger partial charge in [-0.25, -0.2) is 0 Å². The number of Topliss-reactive ketones (excluding diaryl/α,β-unsaturated/α-hetero) is 2. The summed E-state index contributed by atoms with van der Waals surface area (Å²) in [6.45, 7) is 8.77. The molecule has 1 aliphatic rings. The molecule has 3 rings (SSSR count). The highest BCUT2D eigenvalue weighted by molar-refractivity contribution is 5.98. The van der Waals surface area contributed by atoms with E-state index < -0.39 is 0 Å². The fourth-order valence-corrected chi connectivity index (χ4v) is 3.92. The van der Waals surface area contributed by atoms with Crippen LogP contribution in [0.2, 0.25) is 0 Å². The summed E-state index contributed by atoms with van der Waals surface area (Å²) in [7, 11) is 0. The van der Waals surface area contributed by atoms with Gasteiger partial charge in [0.1, 0.15) is 11.5 Å². The van der Waals surface area contributed by atoms with Gasteiger partial charge in [0.05, 0.1) is 0 Å². The van der Waals surface area contributed by atoms with Gasteiger partial charge in [0.25, 0.3) is 0 Å². The molecule has 0 bridgehead atoms. The molecule has 1 heterocycles. The van der Waals surface area contributed by atoms with Crippen LogP contribution in [0.25, 0.3) is 0 Å². The van der Waals surface area contributed by atoms with Crippen LogP contribution >= 0.6 is 0 Å². The predicted octanol–water partition coefficient (Wildman–Crippen LogP) is 3.05. The number of ketones is 2. The average Bonchev–Trinajstić information content (AvgIpc) is 2.75. The average molecular weight is 411 g/mol. The number of nitrogens with zero attached hydrogens (tertiary/aromatic N) is 2. The largest absolute Gasteiger partial charge is 0.508 e. The Morgan fingerprint density at radius 3 is 1.30 bits per heavy atom. The van der Waals surface area contributed by atoms with Crippen molar-refractivity contribution in [2.24, 2.45) is 11.8 Å². The van der Waals surface area contributed by atoms with Gasteiger partial charge in [0.15, 0.2) is 11.6 Å². The van der Waals surface area contributed by atoms with Crippen molar-refractivity contribution in [3.05, 3.63) is 59.7 Å². The van der Waals surface area contributed by atoms with Crippen molar-refractivity contribution >= 4 is 11.6 Å². The number of phenols is 2. The van der Waals surface area contributed by atoms with Crippen molar-refractivity contribution in [2.75, 3.05) is 39.3 Å². The molecule has 6 nitrogen and oxygen atoms in total. The zero-order valence-electron chi connectivity index (χ0n) is 17.6. The van der Waals surface area contributed by atoms with Crippen molar-refractivity contribution in [3.63, 3.8) is 0 Å². The third-order valence-corrected chi connectivity index (χ3v) is 5.73. The molecule has 0 aromatic heterocycles. The van der Waals surface area contributed by atoms with E-state index in [0.717, 1.165) is 26.2 Å². The summed E-state index contributed by atoms with van der Waals surface area (Å²) in [5.74, 6) is 0.269. The molecule has 0 aliphatic carbocycles. The Hall–Kier alpha value is -2.70. The summed E-state index contributed by atoms with van der Waals surface area (Å²) in [5, 5.41) is 18.8. The summed E-state index contributed by atoms with van der Waals surface area (Å²) >= 11 is 0. The van der Waals surface area contributed by atoms with Crippen molar-refractivity contribution in [2.45, 2.75) is 13.8 Å². The van der Waals surface area contributed by atoms with Crippen LogP contribution in [0.15, 0.2) is 48.5 Å². The molecule has 1 aliphatic heterocycles. The van der Waals surface area contributed by atoms with Gasteiger partial charge in [0.2, 0.25) is 0 Å². The molecular weight excluding hydrogens is 380 g/mol. The first-order chi connectivity index (χ1) is 14.3. The fraction of sp³-hybridized carbons (Fsp3) is 0.417. The van der Waals surface area contributed by atoms with E-state index in [9.17, 15) is 19.8 Å². The lowest BCUT2D eigenvalue weighted by atomic mass is 9.97. The van der Waals surface area contributed by atoms with Crippen LogP contribution in [0, 0.1) is 11.8 Å². The summed E-state index contributed by atoms with van der Waals surface area (Å²) < 4.78 is 0. The van der Waals surface area contributed by atoms with Crippen LogP contribution in [-0.4, -0.2) is 70.8 Å². The van der Waals surface area contributed by atoms with Gasteiger partial charge >= 0.3 is 0 Å². The molecule has 30 heavy (non-hydrogen) atoms. The Balaban J connectivity index is 1.45. The van der Waals surface area contributed by atoms with Gasteiger partial charge in [-0.15, -0.1) is 0 Å². The molecule has 1 fully saturated rings. The van der Waals surface area contributed by atoms with Crippen LogP contribution in [0.5, 0.6) is 11.5 Å². The summed E-state index contributed by atoms with van der Waals surface area (Å²) in [5.41, 5.74) is 1.25. The van der Waals surface area contributed by atoms with Gasteiger partial charge in [-0.3, -0.25) is 9.59 Å². The molecule has 6 heteroatoms. The summed E-state index contributed by atoms with van der Waals surface area (Å²) in [6.07, 6.45) is 0. The fourth-order valence-electron chi connectivity index (χ4n) is 3.92. The number of hydrogen-bond acceptors (Lipinski definition) is 6. The molecule has 2 atom stereocenters. The molecule has 2 aromatic carbocycles. The minimum atomic E-state index is -0.115. The quantitative estimate of drug-likeness (QED) is 0.651. The molecule has 1 saturated heterocycles. The van der Waals surface area contributed by atoms with E-state index in [1.807, 2.05) is 13.8 Å². The molecule has 0 saturated carbocycles. The molecule has 0 spiro atoms. The van der Waals surface area contributed by atoms with Crippen LogP contribution in [0.1, 0.15) is 34.6 Å². The van der Waals surface area contributed by atoms with Crippen molar-refractivity contribution < 1.29 is 19.8 Å². The van der Waals surface area contributed by atoms with E-state index in [4.69, 9.17) is 0 Å². The number of hydrogen-bond donors (Lipinski definition) is 2. The van der Waals surface area contributed by atoms with Crippen LogP contribution < -0.4 is 0 Å². The predicted molar refractivity (Wildman–Crippen MR) is 116 cm³/mol. The van der Waals surface area contributed by atoms with Crippen LogP contribution in [-0.2, 0) is 0 Å². The molecule has 0 amide bonds. The molecule has 2 unspecified atom stereocenters. The topological polar surface area (TPSA) is 81.1 Å². The Labute approximate surface area is 177 Å². The SMILES string of the molecule is CC(CN1CCN(CC(C)C(=O)c2ccc(O)cc2)CC1)C(=O)c1ccc(O)cc1. The normalized spacial score (nSPS) is 17.4. The summed E-state index contributed by atoms with van der Waals surface area (Å²) in [4.78, 5) is 29.8. The second-order valence-corrected chi connectivity index (χ2v) is 8.23. The van der Waals surface area contributed by atoms with E-state index in [2.05, 4.69) is 9.80 Å². The third kappa shape index (κ3) is 5.68. The Morgan fingerprint density at radius 2 is 1.00 bits per heavy atom. The maximum absolute atomic E-state index is 12.6. The smallest absolute Gasteiger partial charge is 0.166 e. The van der Waals surface area contributed by atoms with Gasteiger partial charge in [-0.05, 0) is 48.5 Å². The standard InChI is InChI=1S/C24H30N2O4/c1-17(23(29)19-3-7-21(27)8-4-19)15-25-11-13-26(14-12-25)16-18(2)24(30)20-5-9-22(28)10-6-20/h3-10,17-18,27-28H,11-16H2,1-2H3. The van der Waals surface area contributed by atoms with Gasteiger partial charge < -0.3 is 20.0 Å². The number of carbonyl (C=O) groups excluding carboxylic acids is 2. The van der Waals surface area contributed by atoms with Crippen molar-refractivity contribution in [1.82, 2.24) is 9.80 Å². The number of benzene rings is 2.